The zero-order valence-electron chi connectivity index (χ0n) is 18.2. The van der Waals surface area contributed by atoms with E-state index in [1.54, 1.807) is 39.3 Å². The molecule has 162 valence electrons. The smallest absolute Gasteiger partial charge is 0.261 e. The Morgan fingerprint density at radius 2 is 1.63 bits per heavy atom. The third-order valence-corrected chi connectivity index (χ3v) is 4.81. The van der Waals surface area contributed by atoms with E-state index in [4.69, 9.17) is 14.2 Å². The lowest BCUT2D eigenvalue weighted by Crippen LogP contribution is -2.49. The van der Waals surface area contributed by atoms with E-state index in [9.17, 15) is 9.59 Å². The van der Waals surface area contributed by atoms with E-state index in [0.29, 0.717) is 30.3 Å². The predicted molar refractivity (Wildman–Crippen MR) is 115 cm³/mol. The fraction of sp³-hybridized carbons (Fsp3) is 0.391. The second kappa shape index (κ2) is 11.1. The molecular weight excluding hydrogens is 384 g/mol. The van der Waals surface area contributed by atoms with E-state index < -0.39 is 6.04 Å². The topological polar surface area (TPSA) is 77.1 Å². The maximum Gasteiger partial charge on any atom is 0.261 e. The first-order valence-corrected chi connectivity index (χ1v) is 9.87. The van der Waals surface area contributed by atoms with Crippen molar-refractivity contribution in [3.05, 3.63) is 53.6 Å². The van der Waals surface area contributed by atoms with Crippen LogP contribution in [-0.4, -0.2) is 50.1 Å². The number of benzene rings is 2. The average molecular weight is 415 g/mol. The number of nitrogens with one attached hydrogen (secondary N) is 1. The summed E-state index contributed by atoms with van der Waals surface area (Å²) >= 11 is 0. The Morgan fingerprint density at radius 3 is 2.20 bits per heavy atom. The molecule has 1 atom stereocenters. The molecule has 0 aromatic heterocycles. The minimum atomic E-state index is -0.638. The van der Waals surface area contributed by atoms with Crippen molar-refractivity contribution in [1.29, 1.82) is 0 Å². The van der Waals surface area contributed by atoms with Gasteiger partial charge in [-0.25, -0.2) is 0 Å². The number of carbonyl (C=O) groups excluding carboxylic acids is 2. The minimum Gasteiger partial charge on any atom is -0.496 e. The van der Waals surface area contributed by atoms with Gasteiger partial charge in [0, 0.05) is 31.3 Å². The van der Waals surface area contributed by atoms with Crippen molar-refractivity contribution in [3.8, 4) is 17.2 Å². The van der Waals surface area contributed by atoms with Crippen molar-refractivity contribution in [3.63, 3.8) is 0 Å². The van der Waals surface area contributed by atoms with Crippen molar-refractivity contribution in [2.45, 2.75) is 33.4 Å². The summed E-state index contributed by atoms with van der Waals surface area (Å²) in [6.45, 7) is 6.14. The van der Waals surface area contributed by atoms with Gasteiger partial charge in [0.25, 0.3) is 5.91 Å². The van der Waals surface area contributed by atoms with E-state index in [0.717, 1.165) is 11.1 Å². The zero-order valence-corrected chi connectivity index (χ0v) is 18.2. The van der Waals surface area contributed by atoms with E-state index in [-0.39, 0.29) is 18.4 Å². The summed E-state index contributed by atoms with van der Waals surface area (Å²) in [6, 6.07) is 12.2. The number of nitrogens with zero attached hydrogens (tertiary/aromatic N) is 1. The van der Waals surface area contributed by atoms with Gasteiger partial charge in [0.2, 0.25) is 5.91 Å². The van der Waals surface area contributed by atoms with Gasteiger partial charge in [0.15, 0.2) is 6.61 Å². The average Bonchev–Trinajstić information content (AvgIpc) is 2.76. The molecule has 30 heavy (non-hydrogen) atoms. The molecule has 0 fully saturated rings. The van der Waals surface area contributed by atoms with Gasteiger partial charge in [-0.15, -0.1) is 0 Å². The van der Waals surface area contributed by atoms with Crippen LogP contribution in [0.3, 0.4) is 0 Å². The van der Waals surface area contributed by atoms with E-state index in [2.05, 4.69) is 5.32 Å². The van der Waals surface area contributed by atoms with Crippen LogP contribution in [0.2, 0.25) is 0 Å². The van der Waals surface area contributed by atoms with Gasteiger partial charge in [0.1, 0.15) is 23.3 Å². The fourth-order valence-corrected chi connectivity index (χ4v) is 2.97. The molecule has 2 aromatic carbocycles. The van der Waals surface area contributed by atoms with E-state index in [1.165, 1.54) is 4.90 Å². The monoisotopic (exact) mass is 414 g/mol. The maximum atomic E-state index is 13.0. The van der Waals surface area contributed by atoms with Crippen molar-refractivity contribution < 1.29 is 23.8 Å². The number of carbonyl (C=O) groups is 2. The Labute approximate surface area is 177 Å². The molecule has 0 unspecified atom stereocenters. The van der Waals surface area contributed by atoms with E-state index >= 15 is 0 Å². The highest BCUT2D eigenvalue weighted by atomic mass is 16.5. The molecule has 0 bridgehead atoms. The van der Waals surface area contributed by atoms with Crippen molar-refractivity contribution in [1.82, 2.24) is 10.2 Å². The number of ether oxygens (including phenoxy) is 3. The predicted octanol–water partition coefficient (Wildman–Crippen LogP) is 2.94. The largest absolute Gasteiger partial charge is 0.496 e. The summed E-state index contributed by atoms with van der Waals surface area (Å²) in [4.78, 5) is 27.0. The van der Waals surface area contributed by atoms with Gasteiger partial charge < -0.3 is 24.4 Å². The molecule has 0 aliphatic heterocycles. The van der Waals surface area contributed by atoms with Crippen LogP contribution in [0.5, 0.6) is 17.2 Å². The Kier molecular flexibility index (Phi) is 8.53. The van der Waals surface area contributed by atoms with Gasteiger partial charge in [0.05, 0.1) is 14.2 Å². The van der Waals surface area contributed by atoms with Gasteiger partial charge in [-0.3, -0.25) is 9.59 Å². The summed E-state index contributed by atoms with van der Waals surface area (Å²) < 4.78 is 16.2. The zero-order chi connectivity index (χ0) is 22.1. The van der Waals surface area contributed by atoms with Crippen LogP contribution in [0.15, 0.2) is 42.5 Å². The van der Waals surface area contributed by atoms with Gasteiger partial charge >= 0.3 is 0 Å². The Hall–Kier alpha value is -3.22. The second-order valence-electron chi connectivity index (χ2n) is 6.86. The Balaban J connectivity index is 2.19. The number of hydrogen-bond acceptors (Lipinski definition) is 5. The lowest BCUT2D eigenvalue weighted by Gasteiger charge is -2.29. The summed E-state index contributed by atoms with van der Waals surface area (Å²) in [7, 11) is 3.09. The first-order valence-electron chi connectivity index (χ1n) is 9.87. The highest BCUT2D eigenvalue weighted by Crippen LogP contribution is 2.27. The number of hydrogen-bond donors (Lipinski definition) is 1. The number of aryl methyl sites for hydroxylation is 1. The van der Waals surface area contributed by atoms with Crippen LogP contribution in [0, 0.1) is 6.92 Å². The van der Waals surface area contributed by atoms with Gasteiger partial charge in [-0.2, -0.15) is 0 Å². The third-order valence-electron chi connectivity index (χ3n) is 4.81. The summed E-state index contributed by atoms with van der Waals surface area (Å²) in [6.07, 6.45) is 0. The molecule has 0 saturated carbocycles. The normalized spacial score (nSPS) is 11.4. The number of likely N-dealkylation sites (N-methyl/N-ethyl adjacent to an activating group) is 1. The fourth-order valence-electron chi connectivity index (χ4n) is 2.97. The molecule has 0 aliphatic carbocycles. The molecule has 7 heteroatoms. The third kappa shape index (κ3) is 6.14. The molecule has 2 amide bonds. The Bertz CT molecular complexity index is 846. The van der Waals surface area contributed by atoms with Crippen molar-refractivity contribution in [2.75, 3.05) is 27.4 Å². The van der Waals surface area contributed by atoms with Crippen molar-refractivity contribution in [2.24, 2.45) is 0 Å². The van der Waals surface area contributed by atoms with E-state index in [1.807, 2.05) is 38.1 Å². The van der Waals surface area contributed by atoms with Gasteiger partial charge in [-0.05, 0) is 31.9 Å². The first kappa shape index (κ1) is 23.1. The van der Waals surface area contributed by atoms with Crippen LogP contribution in [0.25, 0.3) is 0 Å². The summed E-state index contributed by atoms with van der Waals surface area (Å²) in [5, 5.41) is 2.78. The summed E-state index contributed by atoms with van der Waals surface area (Å²) in [5.74, 6) is 1.07. The number of rotatable bonds is 10. The Morgan fingerprint density at radius 1 is 1.03 bits per heavy atom. The first-order chi connectivity index (χ1) is 14.4. The molecule has 1 N–H and O–H groups in total. The quantitative estimate of drug-likeness (QED) is 0.647. The van der Waals surface area contributed by atoms with Crippen molar-refractivity contribution >= 4 is 11.8 Å². The van der Waals surface area contributed by atoms with Crippen LogP contribution in [0.4, 0.5) is 0 Å². The number of amides is 2. The lowest BCUT2D eigenvalue weighted by molar-refractivity contribution is -0.142. The molecule has 2 rings (SSSR count). The SMILES string of the molecule is CCNC(=O)[C@@H](C)N(Cc1ccccc1C)C(=O)COc1cc(OC)cc(OC)c1. The van der Waals surface area contributed by atoms with Crippen LogP contribution in [-0.2, 0) is 16.1 Å². The molecule has 0 spiro atoms. The van der Waals surface area contributed by atoms with Crippen LogP contribution < -0.4 is 19.5 Å². The van der Waals surface area contributed by atoms with Crippen LogP contribution >= 0.6 is 0 Å². The molecule has 7 nitrogen and oxygen atoms in total. The molecule has 2 aromatic rings. The molecule has 0 radical (unpaired) electrons. The lowest BCUT2D eigenvalue weighted by atomic mass is 10.1. The number of methoxy groups -OCH3 is 2. The van der Waals surface area contributed by atoms with Crippen LogP contribution in [0.1, 0.15) is 25.0 Å². The second-order valence-corrected chi connectivity index (χ2v) is 6.86. The highest BCUT2D eigenvalue weighted by Gasteiger charge is 2.26. The highest BCUT2D eigenvalue weighted by molar-refractivity contribution is 5.88. The summed E-state index contributed by atoms with van der Waals surface area (Å²) in [5.41, 5.74) is 2.03. The standard InChI is InChI=1S/C23H30N2O5/c1-6-24-23(27)17(3)25(14-18-10-8-7-9-16(18)2)22(26)15-30-21-12-19(28-4)11-20(13-21)29-5/h7-13,17H,6,14-15H2,1-5H3,(H,24,27)/t17-/m1/s1. The minimum absolute atomic E-state index is 0.206. The molecular formula is C23H30N2O5. The molecule has 0 aliphatic rings. The molecule has 0 saturated heterocycles. The van der Waals surface area contributed by atoms with Gasteiger partial charge in [-0.1, -0.05) is 24.3 Å². The molecule has 0 heterocycles. The maximum absolute atomic E-state index is 13.0.